The van der Waals surface area contributed by atoms with Crippen LogP contribution < -0.4 is 4.74 Å². The van der Waals surface area contributed by atoms with Crippen LogP contribution in [0.4, 0.5) is 0 Å². The molecule has 0 amide bonds. The Morgan fingerprint density at radius 2 is 2.12 bits per heavy atom. The molecule has 2 rings (SSSR count). The maximum Gasteiger partial charge on any atom is 0.137 e. The average molecular weight is 271 g/mol. The molecule has 0 atom stereocenters. The van der Waals surface area contributed by atoms with Crippen molar-refractivity contribution >= 4 is 23.2 Å². The lowest BCUT2D eigenvalue weighted by Gasteiger charge is -2.07. The molecule has 2 aromatic rings. The van der Waals surface area contributed by atoms with Crippen molar-refractivity contribution in [2.45, 2.75) is 12.8 Å². The van der Waals surface area contributed by atoms with E-state index in [1.807, 2.05) is 35.9 Å². The van der Waals surface area contributed by atoms with Crippen molar-refractivity contribution in [3.63, 3.8) is 0 Å². The first kappa shape index (κ1) is 12.3. The van der Waals surface area contributed by atoms with E-state index in [-0.39, 0.29) is 0 Å². The van der Waals surface area contributed by atoms with E-state index in [9.17, 15) is 0 Å². The molecule has 0 spiro atoms. The summed E-state index contributed by atoms with van der Waals surface area (Å²) in [5, 5.41) is 4.94. The molecule has 1 heterocycles. The molecule has 0 fully saturated rings. The lowest BCUT2D eigenvalue weighted by molar-refractivity contribution is 0.415. The predicted octanol–water partition coefficient (Wildman–Crippen LogP) is 3.58. The molecule has 0 aliphatic carbocycles. The monoisotopic (exact) mass is 270 g/mol. The third-order valence-corrected chi connectivity index (χ3v) is 3.02. The van der Waals surface area contributed by atoms with Gasteiger partial charge < -0.3 is 4.74 Å². The Bertz CT molecular complexity index is 537. The van der Waals surface area contributed by atoms with Gasteiger partial charge in [-0.3, -0.25) is 0 Å². The Hall–Kier alpha value is -1.19. The Morgan fingerprint density at radius 1 is 1.35 bits per heavy atom. The Morgan fingerprint density at radius 3 is 2.65 bits per heavy atom. The van der Waals surface area contributed by atoms with Gasteiger partial charge in [-0.2, -0.15) is 5.10 Å². The van der Waals surface area contributed by atoms with Gasteiger partial charge in [-0.05, 0) is 31.2 Å². The highest BCUT2D eigenvalue weighted by atomic mass is 35.5. The highest BCUT2D eigenvalue weighted by Gasteiger charge is 2.08. The standard InChI is InChI=1S/C12H12Cl2N2O/c1-8-5-9(7-13)15-16(8)10-3-4-12(17-2)11(14)6-10/h3-6H,7H2,1-2H3. The third-order valence-electron chi connectivity index (χ3n) is 2.45. The lowest BCUT2D eigenvalue weighted by Crippen LogP contribution is -1.99. The van der Waals surface area contributed by atoms with E-state index in [0.29, 0.717) is 16.7 Å². The second-order valence-corrected chi connectivity index (χ2v) is 4.32. The van der Waals surface area contributed by atoms with Crippen LogP contribution in [-0.4, -0.2) is 16.9 Å². The SMILES string of the molecule is COc1ccc(-n2nc(CCl)cc2C)cc1Cl. The number of benzene rings is 1. The molecule has 0 radical (unpaired) electrons. The van der Waals surface area contributed by atoms with Gasteiger partial charge in [0.1, 0.15) is 5.75 Å². The van der Waals surface area contributed by atoms with Gasteiger partial charge in [0.25, 0.3) is 0 Å². The van der Waals surface area contributed by atoms with Crippen LogP contribution in [0.25, 0.3) is 5.69 Å². The number of methoxy groups -OCH3 is 1. The van der Waals surface area contributed by atoms with Crippen LogP contribution in [-0.2, 0) is 5.88 Å². The van der Waals surface area contributed by atoms with E-state index < -0.39 is 0 Å². The molecule has 0 N–H and O–H groups in total. The fourth-order valence-corrected chi connectivity index (χ4v) is 2.03. The van der Waals surface area contributed by atoms with E-state index >= 15 is 0 Å². The first-order chi connectivity index (χ1) is 8.15. The van der Waals surface area contributed by atoms with E-state index in [1.165, 1.54) is 0 Å². The van der Waals surface area contributed by atoms with Gasteiger partial charge in [0.05, 0.1) is 29.4 Å². The average Bonchev–Trinajstić information content (AvgIpc) is 2.70. The molecule has 0 bridgehead atoms. The smallest absolute Gasteiger partial charge is 0.137 e. The van der Waals surface area contributed by atoms with Gasteiger partial charge in [0, 0.05) is 5.69 Å². The van der Waals surface area contributed by atoms with Gasteiger partial charge in [0.15, 0.2) is 0 Å². The number of hydrogen-bond donors (Lipinski definition) is 0. The Kier molecular flexibility index (Phi) is 3.60. The molecular weight excluding hydrogens is 259 g/mol. The quantitative estimate of drug-likeness (QED) is 0.798. The first-order valence-corrected chi connectivity index (χ1v) is 6.02. The zero-order valence-electron chi connectivity index (χ0n) is 9.58. The summed E-state index contributed by atoms with van der Waals surface area (Å²) in [4.78, 5) is 0. The van der Waals surface area contributed by atoms with Crippen LogP contribution >= 0.6 is 23.2 Å². The van der Waals surface area contributed by atoms with E-state index in [0.717, 1.165) is 17.1 Å². The number of aryl methyl sites for hydroxylation is 1. The van der Waals surface area contributed by atoms with Gasteiger partial charge in [-0.1, -0.05) is 11.6 Å². The van der Waals surface area contributed by atoms with Crippen molar-refractivity contribution in [2.24, 2.45) is 0 Å². The van der Waals surface area contributed by atoms with Crippen LogP contribution in [0.2, 0.25) is 5.02 Å². The van der Waals surface area contributed by atoms with Crippen molar-refractivity contribution in [1.29, 1.82) is 0 Å². The number of rotatable bonds is 3. The van der Waals surface area contributed by atoms with Gasteiger partial charge in [0.2, 0.25) is 0 Å². The largest absolute Gasteiger partial charge is 0.495 e. The van der Waals surface area contributed by atoms with E-state index in [2.05, 4.69) is 5.10 Å². The van der Waals surface area contributed by atoms with Gasteiger partial charge in [-0.15, -0.1) is 11.6 Å². The topological polar surface area (TPSA) is 27.1 Å². The molecule has 0 unspecified atom stereocenters. The van der Waals surface area contributed by atoms with Crippen molar-refractivity contribution in [3.05, 3.63) is 40.7 Å². The highest BCUT2D eigenvalue weighted by Crippen LogP contribution is 2.27. The second-order valence-electron chi connectivity index (χ2n) is 3.64. The summed E-state index contributed by atoms with van der Waals surface area (Å²) >= 11 is 11.8. The minimum absolute atomic E-state index is 0.401. The number of ether oxygens (including phenoxy) is 1. The zero-order valence-corrected chi connectivity index (χ0v) is 11.1. The van der Waals surface area contributed by atoms with E-state index in [4.69, 9.17) is 27.9 Å². The minimum Gasteiger partial charge on any atom is -0.495 e. The fraction of sp³-hybridized carbons (Fsp3) is 0.250. The van der Waals surface area contributed by atoms with Crippen LogP contribution in [0.15, 0.2) is 24.3 Å². The molecule has 0 aliphatic heterocycles. The number of hydrogen-bond acceptors (Lipinski definition) is 2. The van der Waals surface area contributed by atoms with Crippen molar-refractivity contribution in [3.8, 4) is 11.4 Å². The Labute approximate surface area is 110 Å². The summed E-state index contributed by atoms with van der Waals surface area (Å²) in [6.07, 6.45) is 0. The maximum absolute atomic E-state index is 6.08. The molecule has 1 aromatic carbocycles. The zero-order chi connectivity index (χ0) is 12.4. The molecule has 0 aliphatic rings. The number of aromatic nitrogens is 2. The molecule has 17 heavy (non-hydrogen) atoms. The van der Waals surface area contributed by atoms with Gasteiger partial charge >= 0.3 is 0 Å². The van der Waals surface area contributed by atoms with Crippen LogP contribution in [0, 0.1) is 6.92 Å². The van der Waals surface area contributed by atoms with Crippen molar-refractivity contribution in [1.82, 2.24) is 9.78 Å². The maximum atomic E-state index is 6.08. The normalized spacial score (nSPS) is 10.6. The van der Waals surface area contributed by atoms with E-state index in [1.54, 1.807) is 7.11 Å². The predicted molar refractivity (Wildman–Crippen MR) is 69.4 cm³/mol. The minimum atomic E-state index is 0.401. The molecule has 90 valence electrons. The van der Waals surface area contributed by atoms with Crippen LogP contribution in [0.3, 0.4) is 0 Å². The molecule has 5 heteroatoms. The summed E-state index contributed by atoms with van der Waals surface area (Å²) in [7, 11) is 1.59. The third kappa shape index (κ3) is 2.40. The number of halogens is 2. The van der Waals surface area contributed by atoms with Crippen LogP contribution in [0.5, 0.6) is 5.75 Å². The number of alkyl halides is 1. The molecule has 0 saturated heterocycles. The molecule has 0 saturated carbocycles. The fourth-order valence-electron chi connectivity index (χ4n) is 1.65. The summed E-state index contributed by atoms with van der Waals surface area (Å²) in [5.74, 6) is 1.05. The molecule has 1 aromatic heterocycles. The van der Waals surface area contributed by atoms with Crippen molar-refractivity contribution in [2.75, 3.05) is 7.11 Å². The Balaban J connectivity index is 2.45. The van der Waals surface area contributed by atoms with Crippen LogP contribution in [0.1, 0.15) is 11.4 Å². The number of nitrogens with zero attached hydrogens (tertiary/aromatic N) is 2. The summed E-state index contributed by atoms with van der Waals surface area (Å²) < 4.78 is 6.92. The van der Waals surface area contributed by atoms with Gasteiger partial charge in [-0.25, -0.2) is 4.68 Å². The second kappa shape index (κ2) is 4.98. The summed E-state index contributed by atoms with van der Waals surface area (Å²) in [5.41, 5.74) is 2.75. The highest BCUT2D eigenvalue weighted by molar-refractivity contribution is 6.32. The summed E-state index contributed by atoms with van der Waals surface area (Å²) in [6, 6.07) is 7.49. The molecule has 3 nitrogen and oxygen atoms in total. The lowest BCUT2D eigenvalue weighted by atomic mass is 10.3. The first-order valence-electron chi connectivity index (χ1n) is 5.11. The summed E-state index contributed by atoms with van der Waals surface area (Å²) in [6.45, 7) is 1.97. The molecular formula is C12H12Cl2N2O. The van der Waals surface area contributed by atoms with Crippen molar-refractivity contribution < 1.29 is 4.74 Å².